The monoisotopic (exact) mass is 542 g/mol. The van der Waals surface area contributed by atoms with Crippen molar-refractivity contribution in [1.29, 1.82) is 0 Å². The summed E-state index contributed by atoms with van der Waals surface area (Å²) in [4.78, 5) is 34.3. The Labute approximate surface area is 209 Å². The van der Waals surface area contributed by atoms with Crippen LogP contribution in [0.5, 0.6) is 11.5 Å². The van der Waals surface area contributed by atoms with Crippen molar-refractivity contribution in [3.8, 4) is 11.5 Å². The van der Waals surface area contributed by atoms with Gasteiger partial charge in [-0.2, -0.15) is 0 Å². The van der Waals surface area contributed by atoms with E-state index >= 15 is 0 Å². The highest BCUT2D eigenvalue weighted by atomic mass is 79.9. The van der Waals surface area contributed by atoms with Crippen molar-refractivity contribution in [3.05, 3.63) is 81.8 Å². The van der Waals surface area contributed by atoms with E-state index in [1.54, 1.807) is 41.5 Å². The molecule has 2 heterocycles. The summed E-state index contributed by atoms with van der Waals surface area (Å²) >= 11 is 9.37. The van der Waals surface area contributed by atoms with Gasteiger partial charge < -0.3 is 9.84 Å². The fourth-order valence-corrected chi connectivity index (χ4v) is 5.01. The Morgan fingerprint density at radius 3 is 2.41 bits per heavy atom. The van der Waals surface area contributed by atoms with Gasteiger partial charge in [-0.15, -0.1) is 0 Å². The lowest BCUT2D eigenvalue weighted by molar-refractivity contribution is -0.126. The number of hydrogen-bond acceptors (Lipinski definition) is 6. The first-order valence-corrected chi connectivity index (χ1v) is 11.9. The van der Waals surface area contributed by atoms with Crippen LogP contribution in [0.1, 0.15) is 18.5 Å². The molecule has 2 aliphatic heterocycles. The molecular weight excluding hydrogens is 524 g/mol. The molecule has 0 aliphatic carbocycles. The average Bonchev–Trinajstić information content (AvgIpc) is 3.34. The van der Waals surface area contributed by atoms with E-state index in [1.807, 2.05) is 37.3 Å². The van der Waals surface area contributed by atoms with Crippen molar-refractivity contribution in [3.63, 3.8) is 0 Å². The number of aromatic hydroxyl groups is 1. The fourth-order valence-electron chi connectivity index (χ4n) is 4.43. The molecule has 5 rings (SSSR count). The number of nitrogens with zero attached hydrogens (tertiary/aromatic N) is 2. The van der Waals surface area contributed by atoms with Crippen molar-refractivity contribution >= 4 is 50.7 Å². The SMILES string of the molecule is CCOc1cc(C2C3C(=O)N(c4ccc(Cl)cc4)C(=O)C3ON2c2ccccc2)cc(Br)c1O. The summed E-state index contributed by atoms with van der Waals surface area (Å²) in [6, 6.07) is 18.6. The molecule has 0 saturated carbocycles. The van der Waals surface area contributed by atoms with Gasteiger partial charge >= 0.3 is 0 Å². The van der Waals surface area contributed by atoms with Crippen LogP contribution in [0.3, 0.4) is 0 Å². The van der Waals surface area contributed by atoms with Crippen LogP contribution in [0, 0.1) is 5.92 Å². The van der Waals surface area contributed by atoms with Gasteiger partial charge in [0.1, 0.15) is 5.92 Å². The molecule has 7 nitrogen and oxygen atoms in total. The number of fused-ring (bicyclic) bond motifs is 1. The van der Waals surface area contributed by atoms with Gasteiger partial charge in [0.05, 0.1) is 28.5 Å². The molecule has 0 bridgehead atoms. The maximum atomic E-state index is 13.7. The van der Waals surface area contributed by atoms with Gasteiger partial charge in [0, 0.05) is 5.02 Å². The van der Waals surface area contributed by atoms with Crippen molar-refractivity contribution < 1.29 is 24.3 Å². The minimum absolute atomic E-state index is 0.0380. The standard InChI is InChI=1S/C25H20BrClN2O5/c1-2-33-19-13-14(12-18(26)22(19)30)21-20-23(34-29(21)17-6-4-3-5-7-17)25(32)28(24(20)31)16-10-8-15(27)9-11-16/h3-13,20-21,23,30H,2H2,1H3. The number of anilines is 2. The number of carbonyl (C=O) groups is 2. The van der Waals surface area contributed by atoms with E-state index in [0.717, 1.165) is 4.90 Å². The summed E-state index contributed by atoms with van der Waals surface area (Å²) in [5, 5.41) is 12.5. The van der Waals surface area contributed by atoms with Crippen LogP contribution in [0.4, 0.5) is 11.4 Å². The maximum absolute atomic E-state index is 13.7. The largest absolute Gasteiger partial charge is 0.503 e. The van der Waals surface area contributed by atoms with Crippen LogP contribution in [0.2, 0.25) is 5.02 Å². The highest BCUT2D eigenvalue weighted by molar-refractivity contribution is 9.10. The quantitative estimate of drug-likeness (QED) is 0.443. The zero-order valence-electron chi connectivity index (χ0n) is 18.0. The number of halogens is 2. The number of phenolic OH excluding ortho intramolecular Hbond substituents is 1. The van der Waals surface area contributed by atoms with Gasteiger partial charge in [0.2, 0.25) is 5.91 Å². The number of para-hydroxylation sites is 1. The van der Waals surface area contributed by atoms with Gasteiger partial charge in [-0.05, 0) is 76.9 Å². The average molecular weight is 544 g/mol. The third kappa shape index (κ3) is 3.72. The molecule has 1 N–H and O–H groups in total. The van der Waals surface area contributed by atoms with E-state index in [1.165, 1.54) is 0 Å². The molecule has 3 aromatic carbocycles. The van der Waals surface area contributed by atoms with Crippen LogP contribution in [0.25, 0.3) is 0 Å². The van der Waals surface area contributed by atoms with Crippen LogP contribution >= 0.6 is 27.5 Å². The van der Waals surface area contributed by atoms with Crippen LogP contribution in [-0.4, -0.2) is 29.6 Å². The third-order valence-electron chi connectivity index (χ3n) is 5.90. The van der Waals surface area contributed by atoms with E-state index < -0.39 is 24.0 Å². The summed E-state index contributed by atoms with van der Waals surface area (Å²) < 4.78 is 6.02. The Bertz CT molecular complexity index is 1250. The highest BCUT2D eigenvalue weighted by Crippen LogP contribution is 2.49. The molecule has 9 heteroatoms. The fraction of sp³-hybridized carbons (Fsp3) is 0.200. The van der Waals surface area contributed by atoms with Crippen molar-refractivity contribution in [2.75, 3.05) is 16.6 Å². The Morgan fingerprint density at radius 1 is 1.03 bits per heavy atom. The number of carbonyl (C=O) groups excluding carboxylic acids is 2. The highest BCUT2D eigenvalue weighted by Gasteiger charge is 2.60. The molecule has 2 fully saturated rings. The van der Waals surface area contributed by atoms with E-state index in [2.05, 4.69) is 15.9 Å². The molecule has 3 unspecified atom stereocenters. The molecular formula is C25H20BrClN2O5. The van der Waals surface area contributed by atoms with E-state index in [0.29, 0.717) is 33.0 Å². The number of imide groups is 1. The van der Waals surface area contributed by atoms with E-state index in [4.69, 9.17) is 21.2 Å². The van der Waals surface area contributed by atoms with Crippen molar-refractivity contribution in [2.45, 2.75) is 19.1 Å². The van der Waals surface area contributed by atoms with Gasteiger partial charge in [-0.25, -0.2) is 9.96 Å². The van der Waals surface area contributed by atoms with Gasteiger partial charge in [-0.1, -0.05) is 29.8 Å². The van der Waals surface area contributed by atoms with Gasteiger partial charge in [0.25, 0.3) is 5.91 Å². The predicted molar refractivity (Wildman–Crippen MR) is 131 cm³/mol. The lowest BCUT2D eigenvalue weighted by Crippen LogP contribution is -2.37. The molecule has 2 aliphatic rings. The molecule has 174 valence electrons. The minimum atomic E-state index is -1.00. The summed E-state index contributed by atoms with van der Waals surface area (Å²) in [5.41, 5.74) is 1.79. The Hall–Kier alpha value is -3.07. The number of ether oxygens (including phenoxy) is 1. The first-order chi connectivity index (χ1) is 16.4. The maximum Gasteiger partial charge on any atom is 0.266 e. The summed E-state index contributed by atoms with van der Waals surface area (Å²) in [6.45, 7) is 2.16. The van der Waals surface area contributed by atoms with E-state index in [9.17, 15) is 14.7 Å². The molecule has 2 saturated heterocycles. The second kappa shape index (κ2) is 8.94. The lowest BCUT2D eigenvalue weighted by Gasteiger charge is -2.29. The predicted octanol–water partition coefficient (Wildman–Crippen LogP) is 5.26. The number of hydroxylamine groups is 1. The topological polar surface area (TPSA) is 79.3 Å². The Morgan fingerprint density at radius 2 is 1.74 bits per heavy atom. The Kier molecular flexibility index (Phi) is 5.97. The zero-order valence-corrected chi connectivity index (χ0v) is 20.4. The molecule has 0 spiro atoms. The second-order valence-corrected chi connectivity index (χ2v) is 9.22. The molecule has 3 atom stereocenters. The molecule has 0 aromatic heterocycles. The number of rotatable bonds is 5. The molecule has 34 heavy (non-hydrogen) atoms. The van der Waals surface area contributed by atoms with Crippen LogP contribution < -0.4 is 14.7 Å². The first kappa shape index (κ1) is 22.7. The zero-order chi connectivity index (χ0) is 24.0. The lowest BCUT2D eigenvalue weighted by atomic mass is 9.90. The van der Waals surface area contributed by atoms with E-state index in [-0.39, 0.29) is 17.4 Å². The van der Waals surface area contributed by atoms with Gasteiger partial charge in [0.15, 0.2) is 17.6 Å². The first-order valence-electron chi connectivity index (χ1n) is 10.7. The Balaban J connectivity index is 1.62. The summed E-state index contributed by atoms with van der Waals surface area (Å²) in [7, 11) is 0. The molecule has 0 radical (unpaired) electrons. The smallest absolute Gasteiger partial charge is 0.266 e. The normalized spacial score (nSPS) is 21.8. The third-order valence-corrected chi connectivity index (χ3v) is 6.76. The second-order valence-electron chi connectivity index (χ2n) is 7.93. The van der Waals surface area contributed by atoms with Crippen LogP contribution in [0.15, 0.2) is 71.2 Å². The number of hydrogen-bond donors (Lipinski definition) is 1. The van der Waals surface area contributed by atoms with Crippen molar-refractivity contribution in [1.82, 2.24) is 0 Å². The number of phenols is 1. The van der Waals surface area contributed by atoms with Crippen LogP contribution in [-0.2, 0) is 14.4 Å². The molecule has 2 amide bonds. The van der Waals surface area contributed by atoms with Gasteiger partial charge in [-0.3, -0.25) is 14.4 Å². The molecule has 3 aromatic rings. The van der Waals surface area contributed by atoms with Crippen molar-refractivity contribution in [2.24, 2.45) is 5.92 Å². The minimum Gasteiger partial charge on any atom is -0.503 e. The number of amides is 2. The summed E-state index contributed by atoms with van der Waals surface area (Å²) in [5.74, 6) is -1.39. The number of benzene rings is 3. The summed E-state index contributed by atoms with van der Waals surface area (Å²) in [6.07, 6.45) is -1.00.